The number of aryl methyl sites for hydroxylation is 1. The Labute approximate surface area is 122 Å². The highest BCUT2D eigenvalue weighted by molar-refractivity contribution is 8.01. The molecule has 104 valence electrons. The van der Waals surface area contributed by atoms with Crippen molar-refractivity contribution in [2.45, 2.75) is 36.5 Å². The number of rotatable bonds is 3. The summed E-state index contributed by atoms with van der Waals surface area (Å²) in [5.74, 6) is 1.74. The predicted molar refractivity (Wildman–Crippen MR) is 79.8 cm³/mol. The molecule has 0 unspecified atom stereocenters. The minimum Gasteiger partial charge on any atom is -0.464 e. The van der Waals surface area contributed by atoms with Crippen LogP contribution >= 0.6 is 11.8 Å². The normalized spacial score (nSPS) is 18.6. The summed E-state index contributed by atoms with van der Waals surface area (Å²) in [7, 11) is 0. The first-order valence-corrected chi connectivity index (χ1v) is 7.63. The average molecular weight is 287 g/mol. The summed E-state index contributed by atoms with van der Waals surface area (Å²) in [6, 6.07) is 11.9. The van der Waals surface area contributed by atoms with Crippen LogP contribution in [-0.4, -0.2) is 11.2 Å². The maximum absolute atomic E-state index is 12.3. The van der Waals surface area contributed by atoms with Gasteiger partial charge in [-0.1, -0.05) is 18.2 Å². The maximum Gasteiger partial charge on any atom is 0.234 e. The van der Waals surface area contributed by atoms with Gasteiger partial charge in [0.25, 0.3) is 0 Å². The number of fused-ring (bicyclic) bond motifs is 1. The molecular weight excluding hydrogens is 270 g/mol. The van der Waals surface area contributed by atoms with Crippen molar-refractivity contribution in [3.05, 3.63) is 53.5 Å². The molecule has 0 saturated carbocycles. The van der Waals surface area contributed by atoms with Gasteiger partial charge in [-0.2, -0.15) is 0 Å². The zero-order valence-corrected chi connectivity index (χ0v) is 12.4. The first-order chi connectivity index (χ1) is 9.63. The lowest BCUT2D eigenvalue weighted by atomic mass is 10.1. The molecule has 1 N–H and O–H groups in total. The Hall–Kier alpha value is -1.68. The van der Waals surface area contributed by atoms with Crippen molar-refractivity contribution in [2.24, 2.45) is 0 Å². The Balaban J connectivity index is 1.64. The summed E-state index contributed by atoms with van der Waals surface area (Å²) < 4.78 is 5.55. The number of thioether (sulfide) groups is 1. The van der Waals surface area contributed by atoms with Crippen LogP contribution in [0.15, 0.2) is 45.7 Å². The molecule has 0 aliphatic carbocycles. The lowest BCUT2D eigenvalue weighted by Gasteiger charge is -2.14. The molecule has 0 radical (unpaired) electrons. The van der Waals surface area contributed by atoms with Gasteiger partial charge >= 0.3 is 0 Å². The number of amides is 1. The van der Waals surface area contributed by atoms with Gasteiger partial charge in [-0.05, 0) is 44.0 Å². The summed E-state index contributed by atoms with van der Waals surface area (Å²) in [6.45, 7) is 3.85. The predicted octanol–water partition coefficient (Wildman–Crippen LogP) is 3.48. The molecule has 20 heavy (non-hydrogen) atoms. The molecule has 3 nitrogen and oxygen atoms in total. The largest absolute Gasteiger partial charge is 0.464 e. The summed E-state index contributed by atoms with van der Waals surface area (Å²) in [6.07, 6.45) is 0.802. The topological polar surface area (TPSA) is 42.2 Å². The van der Waals surface area contributed by atoms with Gasteiger partial charge in [-0.3, -0.25) is 4.79 Å². The van der Waals surface area contributed by atoms with E-state index in [0.717, 1.165) is 17.9 Å². The zero-order valence-electron chi connectivity index (χ0n) is 11.6. The molecular formula is C16H17NO2S. The second-order valence-electron chi connectivity index (χ2n) is 5.10. The highest BCUT2D eigenvalue weighted by atomic mass is 32.2. The fourth-order valence-corrected chi connectivity index (χ4v) is 3.60. The maximum atomic E-state index is 12.3. The molecule has 2 atom stereocenters. The molecule has 0 spiro atoms. The second kappa shape index (κ2) is 5.37. The van der Waals surface area contributed by atoms with E-state index in [2.05, 4.69) is 17.4 Å². The standard InChI is InChI=1S/C16H17NO2S/c1-10-7-8-13(19-10)11(2)17-16(18)15-9-12-5-3-4-6-14(12)20-15/h3-8,11,15H,9H2,1-2H3,(H,17,18)/t11-,15+/m1/s1. The summed E-state index contributed by atoms with van der Waals surface area (Å²) in [5.41, 5.74) is 1.26. The van der Waals surface area contributed by atoms with E-state index >= 15 is 0 Å². The number of hydrogen-bond donors (Lipinski definition) is 1. The van der Waals surface area contributed by atoms with Crippen molar-refractivity contribution >= 4 is 17.7 Å². The van der Waals surface area contributed by atoms with Crippen molar-refractivity contribution in [2.75, 3.05) is 0 Å². The first-order valence-electron chi connectivity index (χ1n) is 6.75. The zero-order chi connectivity index (χ0) is 14.1. The number of carbonyl (C=O) groups is 1. The van der Waals surface area contributed by atoms with Gasteiger partial charge in [0.2, 0.25) is 5.91 Å². The molecule has 0 fully saturated rings. The molecule has 2 aromatic rings. The summed E-state index contributed by atoms with van der Waals surface area (Å²) in [4.78, 5) is 13.5. The van der Waals surface area contributed by atoms with E-state index in [0.29, 0.717) is 0 Å². The van der Waals surface area contributed by atoms with Crippen LogP contribution in [0.1, 0.15) is 30.0 Å². The van der Waals surface area contributed by atoms with Crippen LogP contribution in [0.2, 0.25) is 0 Å². The van der Waals surface area contributed by atoms with Crippen LogP contribution < -0.4 is 5.32 Å². The van der Waals surface area contributed by atoms with Crippen molar-refractivity contribution in [1.82, 2.24) is 5.32 Å². The first kappa shape index (κ1) is 13.3. The number of carbonyl (C=O) groups excluding carboxylic acids is 1. The summed E-state index contributed by atoms with van der Waals surface area (Å²) in [5, 5.41) is 3.00. The number of benzene rings is 1. The lowest BCUT2D eigenvalue weighted by Crippen LogP contribution is -2.34. The van der Waals surface area contributed by atoms with E-state index in [1.165, 1.54) is 10.5 Å². The lowest BCUT2D eigenvalue weighted by molar-refractivity contribution is -0.121. The minimum atomic E-state index is -0.0967. The van der Waals surface area contributed by atoms with Crippen LogP contribution in [0, 0.1) is 6.92 Å². The van der Waals surface area contributed by atoms with E-state index < -0.39 is 0 Å². The van der Waals surface area contributed by atoms with Crippen molar-refractivity contribution < 1.29 is 9.21 Å². The van der Waals surface area contributed by atoms with Gasteiger partial charge in [0.15, 0.2) is 0 Å². The molecule has 3 rings (SSSR count). The fourth-order valence-electron chi connectivity index (χ4n) is 2.39. The van der Waals surface area contributed by atoms with E-state index in [9.17, 15) is 4.79 Å². The number of furan rings is 1. The van der Waals surface area contributed by atoms with Crippen LogP contribution in [0.5, 0.6) is 0 Å². The van der Waals surface area contributed by atoms with Gasteiger partial charge in [0, 0.05) is 4.90 Å². The van der Waals surface area contributed by atoms with E-state index in [1.54, 1.807) is 11.8 Å². The molecule has 1 aromatic carbocycles. The molecule has 2 heterocycles. The van der Waals surface area contributed by atoms with Gasteiger partial charge in [-0.15, -0.1) is 11.8 Å². The molecule has 0 saturated heterocycles. The van der Waals surface area contributed by atoms with E-state index in [1.807, 2.05) is 38.1 Å². The van der Waals surface area contributed by atoms with Crippen molar-refractivity contribution in [3.8, 4) is 0 Å². The van der Waals surface area contributed by atoms with Gasteiger partial charge in [0.1, 0.15) is 11.5 Å². The van der Waals surface area contributed by atoms with Crippen LogP contribution in [0.3, 0.4) is 0 Å². The number of nitrogens with one attached hydrogen (secondary N) is 1. The Morgan fingerprint density at radius 1 is 1.35 bits per heavy atom. The Morgan fingerprint density at radius 2 is 2.15 bits per heavy atom. The Bertz CT molecular complexity index is 610. The quantitative estimate of drug-likeness (QED) is 0.939. The fraction of sp³-hybridized carbons (Fsp3) is 0.312. The molecule has 4 heteroatoms. The molecule has 1 aliphatic heterocycles. The third kappa shape index (κ3) is 2.61. The monoisotopic (exact) mass is 287 g/mol. The van der Waals surface area contributed by atoms with Crippen molar-refractivity contribution in [3.63, 3.8) is 0 Å². The second-order valence-corrected chi connectivity index (χ2v) is 6.34. The molecule has 1 amide bonds. The third-order valence-corrected chi connectivity index (χ3v) is 4.80. The van der Waals surface area contributed by atoms with Crippen LogP contribution in [0.25, 0.3) is 0 Å². The SMILES string of the molecule is Cc1ccc([C@@H](C)NC(=O)[C@@H]2Cc3ccccc3S2)o1. The average Bonchev–Trinajstić information content (AvgIpc) is 3.04. The third-order valence-electron chi connectivity index (χ3n) is 3.49. The minimum absolute atomic E-state index is 0.0362. The molecule has 1 aliphatic rings. The Kier molecular flexibility index (Phi) is 3.57. The molecule has 0 bridgehead atoms. The molecule has 1 aromatic heterocycles. The Morgan fingerprint density at radius 3 is 2.85 bits per heavy atom. The van der Waals surface area contributed by atoms with E-state index in [-0.39, 0.29) is 17.2 Å². The van der Waals surface area contributed by atoms with E-state index in [4.69, 9.17) is 4.42 Å². The smallest absolute Gasteiger partial charge is 0.234 e. The highest BCUT2D eigenvalue weighted by Crippen LogP contribution is 2.37. The van der Waals surface area contributed by atoms with Gasteiger partial charge < -0.3 is 9.73 Å². The summed E-state index contributed by atoms with van der Waals surface area (Å²) >= 11 is 1.64. The van der Waals surface area contributed by atoms with Gasteiger partial charge in [-0.25, -0.2) is 0 Å². The van der Waals surface area contributed by atoms with Crippen molar-refractivity contribution in [1.29, 1.82) is 0 Å². The highest BCUT2D eigenvalue weighted by Gasteiger charge is 2.29. The van der Waals surface area contributed by atoms with Crippen LogP contribution in [-0.2, 0) is 11.2 Å². The van der Waals surface area contributed by atoms with Gasteiger partial charge in [0.05, 0.1) is 11.3 Å². The number of hydrogen-bond acceptors (Lipinski definition) is 3. The van der Waals surface area contributed by atoms with Crippen LogP contribution in [0.4, 0.5) is 0 Å².